The summed E-state index contributed by atoms with van der Waals surface area (Å²) in [5.74, 6) is 0.260. The number of rotatable bonds is 7. The Balaban J connectivity index is 1.69. The second-order valence-electron chi connectivity index (χ2n) is 8.38. The number of aromatic carboxylic acids is 1. The maximum Gasteiger partial charge on any atom is 0.337 e. The number of amides is 1. The van der Waals surface area contributed by atoms with Crippen molar-refractivity contribution in [2.75, 3.05) is 24.5 Å². The van der Waals surface area contributed by atoms with Gasteiger partial charge in [-0.15, -0.1) is 0 Å². The number of hydrogen-bond donors (Lipinski definition) is 1. The van der Waals surface area contributed by atoms with Crippen molar-refractivity contribution >= 4 is 35.0 Å². The Bertz CT molecular complexity index is 984. The molecule has 7 heteroatoms. The number of carbonyl (C=O) groups is 2. The summed E-state index contributed by atoms with van der Waals surface area (Å²) in [6.07, 6.45) is 8.06. The molecule has 2 fully saturated rings. The number of nitrogens with zero attached hydrogens (tertiary/aromatic N) is 3. The minimum atomic E-state index is -1.05. The van der Waals surface area contributed by atoms with Gasteiger partial charge in [-0.2, -0.15) is 0 Å². The van der Waals surface area contributed by atoms with E-state index in [2.05, 4.69) is 11.8 Å². The van der Waals surface area contributed by atoms with Gasteiger partial charge >= 0.3 is 5.97 Å². The lowest BCUT2D eigenvalue weighted by Gasteiger charge is -2.28. The number of hydrogen-bond acceptors (Lipinski definition) is 4. The van der Waals surface area contributed by atoms with Crippen molar-refractivity contribution in [3.63, 3.8) is 0 Å². The molecule has 1 aliphatic carbocycles. The van der Waals surface area contributed by atoms with Crippen LogP contribution in [0.2, 0.25) is 5.02 Å². The molecule has 1 amide bonds. The summed E-state index contributed by atoms with van der Waals surface area (Å²) in [5.41, 5.74) is 2.64. The number of benzene rings is 1. The molecule has 1 saturated heterocycles. The van der Waals surface area contributed by atoms with Crippen LogP contribution in [-0.4, -0.2) is 46.5 Å². The smallest absolute Gasteiger partial charge is 0.337 e. The van der Waals surface area contributed by atoms with Gasteiger partial charge < -0.3 is 14.9 Å². The molecular formula is C24H28ClN3O3. The molecule has 2 aliphatic rings. The van der Waals surface area contributed by atoms with Gasteiger partial charge in [0.15, 0.2) is 0 Å². The molecule has 6 nitrogen and oxygen atoms in total. The number of piperidine rings is 1. The molecule has 0 unspecified atom stereocenters. The quantitative estimate of drug-likeness (QED) is 0.615. The number of pyridine rings is 1. The summed E-state index contributed by atoms with van der Waals surface area (Å²) in [5, 5.41) is 9.49. The van der Waals surface area contributed by atoms with Crippen LogP contribution < -0.4 is 4.90 Å². The lowest BCUT2D eigenvalue weighted by atomic mass is 10.1. The van der Waals surface area contributed by atoms with Crippen molar-refractivity contribution in [1.29, 1.82) is 0 Å². The number of carboxylic acids is 1. The summed E-state index contributed by atoms with van der Waals surface area (Å²) in [4.78, 5) is 33.1. The second-order valence-corrected chi connectivity index (χ2v) is 8.79. The molecule has 1 aromatic carbocycles. The Labute approximate surface area is 187 Å². The molecule has 2 aromatic rings. The standard InChI is InChI=1S/C24H28ClN3O3/c1-2-10-28(18-8-9-19(24(30)31)21(25)14-18)22-20(16-6-7-16)13-17(15-26-22)23(29)27-11-4-3-5-12-27/h8-9,13-16H,2-7,10-12H2,1H3,(H,30,31). The molecule has 1 N–H and O–H groups in total. The van der Waals surface area contributed by atoms with Crippen molar-refractivity contribution in [3.8, 4) is 0 Å². The van der Waals surface area contributed by atoms with Crippen LogP contribution in [0.4, 0.5) is 11.5 Å². The van der Waals surface area contributed by atoms with Crippen LogP contribution in [0.15, 0.2) is 30.5 Å². The first-order chi connectivity index (χ1) is 15.0. The lowest BCUT2D eigenvalue weighted by molar-refractivity contribution is 0.0694. The second kappa shape index (κ2) is 9.27. The number of carbonyl (C=O) groups excluding carboxylic acids is 1. The SMILES string of the molecule is CCCN(c1ccc(C(=O)O)c(Cl)c1)c1ncc(C(=O)N2CCCCC2)cc1C1CC1. The van der Waals surface area contributed by atoms with E-state index >= 15 is 0 Å². The van der Waals surface area contributed by atoms with Crippen molar-refractivity contribution < 1.29 is 14.7 Å². The molecule has 0 radical (unpaired) electrons. The van der Waals surface area contributed by atoms with Gasteiger partial charge in [0.1, 0.15) is 5.82 Å². The normalized spacial score (nSPS) is 16.3. The third-order valence-corrected chi connectivity index (χ3v) is 6.31. The average molecular weight is 442 g/mol. The minimum Gasteiger partial charge on any atom is -0.478 e. The maximum atomic E-state index is 13.0. The van der Waals surface area contributed by atoms with Crippen LogP contribution in [0.3, 0.4) is 0 Å². The fourth-order valence-electron chi connectivity index (χ4n) is 4.22. The molecular weight excluding hydrogens is 414 g/mol. The van der Waals surface area contributed by atoms with Crippen LogP contribution in [-0.2, 0) is 0 Å². The van der Waals surface area contributed by atoms with Gasteiger partial charge in [-0.1, -0.05) is 18.5 Å². The van der Waals surface area contributed by atoms with Gasteiger partial charge in [0.2, 0.25) is 0 Å². The van der Waals surface area contributed by atoms with E-state index in [0.717, 1.165) is 68.8 Å². The third-order valence-electron chi connectivity index (χ3n) is 6.00. The van der Waals surface area contributed by atoms with E-state index in [-0.39, 0.29) is 16.5 Å². The van der Waals surface area contributed by atoms with Crippen LogP contribution in [0.1, 0.15) is 77.6 Å². The highest BCUT2D eigenvalue weighted by Gasteiger charge is 2.31. The van der Waals surface area contributed by atoms with Gasteiger partial charge in [-0.05, 0) is 74.3 Å². The van der Waals surface area contributed by atoms with Crippen LogP contribution in [0.25, 0.3) is 0 Å². The molecule has 0 atom stereocenters. The molecule has 1 saturated carbocycles. The predicted octanol–water partition coefficient (Wildman–Crippen LogP) is 5.48. The Morgan fingerprint density at radius 2 is 1.94 bits per heavy atom. The molecule has 164 valence electrons. The lowest BCUT2D eigenvalue weighted by Crippen LogP contribution is -2.35. The first kappa shape index (κ1) is 21.6. The fraction of sp³-hybridized carbons (Fsp3) is 0.458. The first-order valence-corrected chi connectivity index (χ1v) is 11.5. The summed E-state index contributed by atoms with van der Waals surface area (Å²) in [6.45, 7) is 4.44. The number of likely N-dealkylation sites (tertiary alicyclic amines) is 1. The molecule has 1 aromatic heterocycles. The van der Waals surface area contributed by atoms with Crippen molar-refractivity contribution in [1.82, 2.24) is 9.88 Å². The number of halogens is 1. The molecule has 2 heterocycles. The third kappa shape index (κ3) is 4.69. The van der Waals surface area contributed by atoms with Gasteiger partial charge in [0, 0.05) is 31.5 Å². The van der Waals surface area contributed by atoms with Gasteiger partial charge in [-0.25, -0.2) is 9.78 Å². The van der Waals surface area contributed by atoms with E-state index in [0.29, 0.717) is 11.5 Å². The van der Waals surface area contributed by atoms with E-state index in [9.17, 15) is 14.7 Å². The van der Waals surface area contributed by atoms with Gasteiger partial charge in [-0.3, -0.25) is 4.79 Å². The summed E-state index contributed by atoms with van der Waals surface area (Å²) >= 11 is 6.25. The van der Waals surface area contributed by atoms with E-state index in [4.69, 9.17) is 16.6 Å². The topological polar surface area (TPSA) is 73.7 Å². The zero-order chi connectivity index (χ0) is 22.0. The van der Waals surface area contributed by atoms with E-state index in [1.165, 1.54) is 12.5 Å². The van der Waals surface area contributed by atoms with E-state index < -0.39 is 5.97 Å². The summed E-state index contributed by atoms with van der Waals surface area (Å²) in [6, 6.07) is 7.02. The first-order valence-electron chi connectivity index (χ1n) is 11.1. The van der Waals surface area contributed by atoms with Crippen LogP contribution in [0, 0.1) is 0 Å². The Hall–Kier alpha value is -2.60. The summed E-state index contributed by atoms with van der Waals surface area (Å²) < 4.78 is 0. The van der Waals surface area contributed by atoms with Crippen molar-refractivity contribution in [2.24, 2.45) is 0 Å². The zero-order valence-electron chi connectivity index (χ0n) is 17.8. The van der Waals surface area contributed by atoms with E-state index in [1.54, 1.807) is 18.3 Å². The van der Waals surface area contributed by atoms with Crippen molar-refractivity contribution in [2.45, 2.75) is 51.4 Å². The molecule has 4 rings (SSSR count). The largest absolute Gasteiger partial charge is 0.478 e. The molecule has 0 bridgehead atoms. The monoisotopic (exact) mass is 441 g/mol. The molecule has 1 aliphatic heterocycles. The summed E-state index contributed by atoms with van der Waals surface area (Å²) in [7, 11) is 0. The van der Waals surface area contributed by atoms with Gasteiger partial charge in [0.05, 0.1) is 16.1 Å². The molecule has 31 heavy (non-hydrogen) atoms. The number of carboxylic acid groups (broad SMARTS) is 1. The Morgan fingerprint density at radius 3 is 2.55 bits per heavy atom. The molecule has 0 spiro atoms. The Kier molecular flexibility index (Phi) is 6.46. The average Bonchev–Trinajstić information content (AvgIpc) is 3.62. The van der Waals surface area contributed by atoms with E-state index in [1.807, 2.05) is 11.0 Å². The Morgan fingerprint density at radius 1 is 1.19 bits per heavy atom. The zero-order valence-corrected chi connectivity index (χ0v) is 18.6. The highest BCUT2D eigenvalue weighted by atomic mass is 35.5. The van der Waals surface area contributed by atoms with Gasteiger partial charge in [0.25, 0.3) is 5.91 Å². The highest BCUT2D eigenvalue weighted by molar-refractivity contribution is 6.33. The number of aromatic nitrogens is 1. The maximum absolute atomic E-state index is 13.0. The highest BCUT2D eigenvalue weighted by Crippen LogP contribution is 2.45. The fourth-order valence-corrected chi connectivity index (χ4v) is 4.47. The van der Waals surface area contributed by atoms with Crippen LogP contribution >= 0.6 is 11.6 Å². The number of anilines is 2. The van der Waals surface area contributed by atoms with Crippen molar-refractivity contribution in [3.05, 3.63) is 52.2 Å². The predicted molar refractivity (Wildman–Crippen MR) is 122 cm³/mol. The minimum absolute atomic E-state index is 0.0662. The van der Waals surface area contributed by atoms with Crippen LogP contribution in [0.5, 0.6) is 0 Å².